The first-order valence-electron chi connectivity index (χ1n) is 6.70. The van der Waals surface area contributed by atoms with Gasteiger partial charge in [0.2, 0.25) is 0 Å². The summed E-state index contributed by atoms with van der Waals surface area (Å²) in [6.07, 6.45) is 3.02. The molecule has 1 unspecified atom stereocenters. The molecule has 0 spiro atoms. The molecule has 2 aromatic rings. The Balaban J connectivity index is 2.06. The zero-order valence-electron chi connectivity index (χ0n) is 11.7. The third kappa shape index (κ3) is 3.44. The van der Waals surface area contributed by atoms with E-state index in [9.17, 15) is 4.39 Å². The van der Waals surface area contributed by atoms with Crippen molar-refractivity contribution in [1.82, 2.24) is 9.97 Å². The fraction of sp³-hybridized carbons (Fsp3) is 0.333. The Morgan fingerprint density at radius 3 is 2.60 bits per heavy atom. The van der Waals surface area contributed by atoms with Gasteiger partial charge in [0.15, 0.2) is 0 Å². The molecule has 0 aliphatic rings. The van der Waals surface area contributed by atoms with E-state index in [1.807, 2.05) is 6.92 Å². The van der Waals surface area contributed by atoms with Gasteiger partial charge in [-0.05, 0) is 37.5 Å². The van der Waals surface area contributed by atoms with Crippen LogP contribution in [0.15, 0.2) is 30.6 Å². The van der Waals surface area contributed by atoms with Gasteiger partial charge in [0.1, 0.15) is 23.8 Å². The first kappa shape index (κ1) is 14.2. The van der Waals surface area contributed by atoms with Crippen molar-refractivity contribution in [3.63, 3.8) is 0 Å². The highest BCUT2D eigenvalue weighted by Gasteiger charge is 2.10. The molecule has 0 bridgehead atoms. The summed E-state index contributed by atoms with van der Waals surface area (Å²) in [4.78, 5) is 8.24. The molecule has 0 saturated carbocycles. The summed E-state index contributed by atoms with van der Waals surface area (Å²) in [7, 11) is 0. The number of halogens is 1. The number of rotatable bonds is 5. The van der Waals surface area contributed by atoms with Crippen molar-refractivity contribution in [3.8, 4) is 0 Å². The fourth-order valence-corrected chi connectivity index (χ4v) is 2.16. The number of nitrogens with two attached hydrogens (primary N) is 1. The van der Waals surface area contributed by atoms with Crippen molar-refractivity contribution in [3.05, 3.63) is 47.5 Å². The number of nitrogens with one attached hydrogen (secondary N) is 1. The van der Waals surface area contributed by atoms with Crippen LogP contribution in [0.1, 0.15) is 25.0 Å². The molecule has 1 aromatic carbocycles. The normalized spacial score (nSPS) is 12.2. The first-order valence-corrected chi connectivity index (χ1v) is 6.70. The summed E-state index contributed by atoms with van der Waals surface area (Å²) in [5, 5.41) is 3.34. The number of benzene rings is 1. The van der Waals surface area contributed by atoms with Crippen LogP contribution in [-0.2, 0) is 12.8 Å². The molecular weight excluding hydrogens is 255 g/mol. The van der Waals surface area contributed by atoms with Gasteiger partial charge in [-0.1, -0.05) is 19.1 Å². The fourth-order valence-electron chi connectivity index (χ4n) is 2.16. The van der Waals surface area contributed by atoms with Gasteiger partial charge in [-0.25, -0.2) is 14.4 Å². The predicted molar refractivity (Wildman–Crippen MR) is 79.0 cm³/mol. The van der Waals surface area contributed by atoms with Gasteiger partial charge in [-0.3, -0.25) is 0 Å². The predicted octanol–water partition coefficient (Wildman–Crippen LogP) is 2.80. The molecule has 0 radical (unpaired) electrons. The lowest BCUT2D eigenvalue weighted by molar-refractivity contribution is 0.626. The number of nitrogens with zero attached hydrogens (tertiary/aromatic N) is 2. The van der Waals surface area contributed by atoms with Gasteiger partial charge >= 0.3 is 0 Å². The summed E-state index contributed by atoms with van der Waals surface area (Å²) in [5.74, 6) is 1.07. The van der Waals surface area contributed by atoms with Crippen LogP contribution >= 0.6 is 0 Å². The van der Waals surface area contributed by atoms with Gasteiger partial charge in [0.25, 0.3) is 0 Å². The maximum atomic E-state index is 12.9. The van der Waals surface area contributed by atoms with E-state index < -0.39 is 0 Å². The average molecular weight is 274 g/mol. The van der Waals surface area contributed by atoms with Crippen LogP contribution in [-0.4, -0.2) is 16.0 Å². The molecule has 4 nitrogen and oxygen atoms in total. The SMILES string of the molecule is CCc1c(N)ncnc1NC(C)Cc1ccc(F)cc1. The van der Waals surface area contributed by atoms with E-state index in [4.69, 9.17) is 5.73 Å². The average Bonchev–Trinajstić information content (AvgIpc) is 2.42. The molecule has 0 fully saturated rings. The van der Waals surface area contributed by atoms with E-state index in [1.165, 1.54) is 18.5 Å². The highest BCUT2D eigenvalue weighted by Crippen LogP contribution is 2.19. The molecule has 0 saturated heterocycles. The van der Waals surface area contributed by atoms with Crippen LogP contribution in [0.3, 0.4) is 0 Å². The molecule has 106 valence electrons. The second-order valence-corrected chi connectivity index (χ2v) is 4.82. The smallest absolute Gasteiger partial charge is 0.134 e. The zero-order chi connectivity index (χ0) is 14.5. The standard InChI is InChI=1S/C15H19FN4/c1-3-13-14(17)18-9-19-15(13)20-10(2)8-11-4-6-12(16)7-5-11/h4-7,9-10H,3,8H2,1-2H3,(H3,17,18,19,20). The van der Waals surface area contributed by atoms with E-state index in [-0.39, 0.29) is 11.9 Å². The Hall–Kier alpha value is -2.17. The minimum absolute atomic E-state index is 0.167. The molecule has 20 heavy (non-hydrogen) atoms. The zero-order valence-corrected chi connectivity index (χ0v) is 11.7. The summed E-state index contributed by atoms with van der Waals surface area (Å²) in [6.45, 7) is 4.08. The molecule has 0 aliphatic heterocycles. The van der Waals surface area contributed by atoms with Crippen LogP contribution in [0.2, 0.25) is 0 Å². The van der Waals surface area contributed by atoms with Crippen molar-refractivity contribution in [2.75, 3.05) is 11.1 Å². The van der Waals surface area contributed by atoms with E-state index in [0.717, 1.165) is 29.8 Å². The van der Waals surface area contributed by atoms with Crippen molar-refractivity contribution in [1.29, 1.82) is 0 Å². The molecule has 0 aliphatic carbocycles. The van der Waals surface area contributed by atoms with Crippen LogP contribution in [0.5, 0.6) is 0 Å². The highest BCUT2D eigenvalue weighted by molar-refractivity contribution is 5.55. The van der Waals surface area contributed by atoms with Gasteiger partial charge in [0, 0.05) is 11.6 Å². The lowest BCUT2D eigenvalue weighted by Gasteiger charge is -2.17. The summed E-state index contributed by atoms with van der Waals surface area (Å²) in [5.41, 5.74) is 7.85. The second-order valence-electron chi connectivity index (χ2n) is 4.82. The largest absolute Gasteiger partial charge is 0.383 e. The van der Waals surface area contributed by atoms with E-state index in [0.29, 0.717) is 5.82 Å². The Morgan fingerprint density at radius 1 is 1.25 bits per heavy atom. The van der Waals surface area contributed by atoms with Crippen LogP contribution < -0.4 is 11.1 Å². The van der Waals surface area contributed by atoms with E-state index >= 15 is 0 Å². The van der Waals surface area contributed by atoms with Crippen molar-refractivity contribution < 1.29 is 4.39 Å². The Kier molecular flexibility index (Phi) is 4.50. The number of aromatic nitrogens is 2. The lowest BCUT2D eigenvalue weighted by Crippen LogP contribution is -2.20. The van der Waals surface area contributed by atoms with Gasteiger partial charge < -0.3 is 11.1 Å². The molecule has 1 aromatic heterocycles. The molecule has 2 rings (SSSR count). The Morgan fingerprint density at radius 2 is 1.95 bits per heavy atom. The van der Waals surface area contributed by atoms with Gasteiger partial charge in [-0.2, -0.15) is 0 Å². The number of anilines is 2. The van der Waals surface area contributed by atoms with Crippen LogP contribution in [0.4, 0.5) is 16.0 Å². The van der Waals surface area contributed by atoms with Gasteiger partial charge in [0.05, 0.1) is 0 Å². The van der Waals surface area contributed by atoms with E-state index in [1.54, 1.807) is 12.1 Å². The minimum Gasteiger partial charge on any atom is -0.383 e. The Labute approximate surface area is 118 Å². The van der Waals surface area contributed by atoms with Crippen molar-refractivity contribution in [2.45, 2.75) is 32.7 Å². The molecule has 3 N–H and O–H groups in total. The highest BCUT2D eigenvalue weighted by atomic mass is 19.1. The summed E-state index contributed by atoms with van der Waals surface area (Å²) in [6, 6.07) is 6.70. The molecular formula is C15H19FN4. The number of nitrogen functional groups attached to an aromatic ring is 1. The quantitative estimate of drug-likeness (QED) is 0.880. The van der Waals surface area contributed by atoms with Crippen molar-refractivity contribution >= 4 is 11.6 Å². The maximum absolute atomic E-state index is 12.9. The summed E-state index contributed by atoms with van der Waals surface area (Å²) >= 11 is 0. The first-order chi connectivity index (χ1) is 9.60. The topological polar surface area (TPSA) is 63.8 Å². The third-order valence-corrected chi connectivity index (χ3v) is 3.17. The van der Waals surface area contributed by atoms with E-state index in [2.05, 4.69) is 22.2 Å². The molecule has 5 heteroatoms. The number of hydrogen-bond acceptors (Lipinski definition) is 4. The number of hydrogen-bond donors (Lipinski definition) is 2. The summed E-state index contributed by atoms with van der Waals surface area (Å²) < 4.78 is 12.9. The lowest BCUT2D eigenvalue weighted by atomic mass is 10.1. The van der Waals surface area contributed by atoms with Crippen molar-refractivity contribution in [2.24, 2.45) is 0 Å². The second kappa shape index (κ2) is 6.32. The minimum atomic E-state index is -0.216. The van der Waals surface area contributed by atoms with Crippen LogP contribution in [0, 0.1) is 5.82 Å². The maximum Gasteiger partial charge on any atom is 0.134 e. The molecule has 1 heterocycles. The van der Waals surface area contributed by atoms with Gasteiger partial charge in [-0.15, -0.1) is 0 Å². The Bertz CT molecular complexity index is 569. The monoisotopic (exact) mass is 274 g/mol. The third-order valence-electron chi connectivity index (χ3n) is 3.17. The van der Waals surface area contributed by atoms with Crippen LogP contribution in [0.25, 0.3) is 0 Å². The molecule has 1 atom stereocenters. The molecule has 0 amide bonds.